The number of allylic oxidation sites excluding steroid dienone is 2. The van der Waals surface area contributed by atoms with E-state index in [2.05, 4.69) is 54.6 Å². The van der Waals surface area contributed by atoms with E-state index in [-0.39, 0.29) is 0 Å². The zero-order valence-electron chi connectivity index (χ0n) is 17.3. The zero-order valence-corrected chi connectivity index (χ0v) is 20.6. The Hall–Kier alpha value is 0.0349. The largest absolute Gasteiger partial charge is 0.162 e. The third-order valence-electron chi connectivity index (χ3n) is 6.04. The van der Waals surface area contributed by atoms with Gasteiger partial charge >= 0.3 is 0 Å². The van der Waals surface area contributed by atoms with Crippen LogP contribution in [0.3, 0.4) is 0 Å². The summed E-state index contributed by atoms with van der Waals surface area (Å²) in [6.45, 7) is 6.71. The molecule has 3 aliphatic rings. The van der Waals surface area contributed by atoms with Crippen LogP contribution in [0.25, 0.3) is 9.81 Å². The predicted molar refractivity (Wildman–Crippen MR) is 138 cm³/mol. The summed E-state index contributed by atoms with van der Waals surface area (Å²) in [5, 5.41) is 0. The molecule has 0 aromatic carbocycles. The molecule has 0 atom stereocenters. The van der Waals surface area contributed by atoms with Crippen LogP contribution in [0.5, 0.6) is 0 Å². The first-order valence-corrected chi connectivity index (χ1v) is 14.8. The van der Waals surface area contributed by atoms with E-state index in [1.165, 1.54) is 76.3 Å². The standard InChI is InChI=1S/C23H31BS4/c1-4-5-11-17-15(2)14-27-20(17)22-18-21(26-13-12-24-18)23(28-22)19(25-3)16-9-7-6-8-10-16/h24H,2,4-14H2,1,3H3. The normalized spacial score (nSPS) is 19.8. The van der Waals surface area contributed by atoms with E-state index in [0.717, 1.165) is 5.75 Å². The molecule has 3 heterocycles. The first-order valence-electron chi connectivity index (χ1n) is 10.8. The molecule has 1 fully saturated rings. The van der Waals surface area contributed by atoms with Gasteiger partial charge in [0.2, 0.25) is 0 Å². The zero-order chi connectivity index (χ0) is 19.5. The van der Waals surface area contributed by atoms with Crippen molar-refractivity contribution in [3.8, 4) is 0 Å². The second kappa shape index (κ2) is 9.89. The Morgan fingerprint density at radius 1 is 1.18 bits per heavy atom. The van der Waals surface area contributed by atoms with E-state index in [1.807, 2.05) is 11.8 Å². The van der Waals surface area contributed by atoms with E-state index in [4.69, 9.17) is 0 Å². The van der Waals surface area contributed by atoms with Crippen LogP contribution in [0.1, 0.15) is 68.0 Å². The summed E-state index contributed by atoms with van der Waals surface area (Å²) in [5.41, 5.74) is 6.37. The Morgan fingerprint density at radius 2 is 2.00 bits per heavy atom. The van der Waals surface area contributed by atoms with Gasteiger partial charge in [-0.05, 0) is 61.7 Å². The summed E-state index contributed by atoms with van der Waals surface area (Å²) in [5.74, 6) is 2.38. The lowest BCUT2D eigenvalue weighted by Crippen LogP contribution is -2.22. The molecule has 0 nitrogen and oxygen atoms in total. The Morgan fingerprint density at radius 3 is 2.75 bits per heavy atom. The minimum Gasteiger partial charge on any atom is -0.134 e. The van der Waals surface area contributed by atoms with Crippen molar-refractivity contribution < 1.29 is 0 Å². The van der Waals surface area contributed by atoms with Crippen LogP contribution >= 0.6 is 46.6 Å². The van der Waals surface area contributed by atoms with Crippen molar-refractivity contribution in [3.63, 3.8) is 0 Å². The summed E-state index contributed by atoms with van der Waals surface area (Å²) < 4.78 is 0. The monoisotopic (exact) mass is 446 g/mol. The molecule has 0 amide bonds. The Kier molecular flexibility index (Phi) is 7.52. The van der Waals surface area contributed by atoms with Crippen LogP contribution in [-0.4, -0.2) is 25.0 Å². The third kappa shape index (κ3) is 4.24. The SMILES string of the molecule is C=C1CSC(c2sc(C(SC)=C3CCCCC3)c3c2BCCS3)=C1CCCC. The van der Waals surface area contributed by atoms with Gasteiger partial charge in [0, 0.05) is 25.3 Å². The van der Waals surface area contributed by atoms with Gasteiger partial charge in [-0.15, -0.1) is 46.6 Å². The highest BCUT2D eigenvalue weighted by Gasteiger charge is 2.30. The van der Waals surface area contributed by atoms with Gasteiger partial charge < -0.3 is 0 Å². The fourth-order valence-corrected chi connectivity index (χ4v) is 9.89. The van der Waals surface area contributed by atoms with E-state index in [1.54, 1.807) is 41.1 Å². The summed E-state index contributed by atoms with van der Waals surface area (Å²) in [4.78, 5) is 8.06. The number of hydrogen-bond donors (Lipinski definition) is 0. The lowest BCUT2D eigenvalue weighted by molar-refractivity contribution is 0.602. The molecule has 4 rings (SSSR count). The Balaban J connectivity index is 1.82. The van der Waals surface area contributed by atoms with Crippen molar-refractivity contribution in [2.24, 2.45) is 0 Å². The van der Waals surface area contributed by atoms with Gasteiger partial charge in [0.05, 0.1) is 4.88 Å². The molecule has 0 N–H and O–H groups in total. The van der Waals surface area contributed by atoms with Crippen molar-refractivity contribution >= 4 is 69.2 Å². The number of rotatable bonds is 6. The number of unbranched alkanes of at least 4 members (excludes halogenated alkanes) is 1. The number of thioether (sulfide) groups is 3. The second-order valence-electron chi connectivity index (χ2n) is 8.02. The molecule has 28 heavy (non-hydrogen) atoms. The number of thiophene rings is 1. The molecule has 5 heteroatoms. The topological polar surface area (TPSA) is 0 Å². The number of fused-ring (bicyclic) bond motifs is 1. The summed E-state index contributed by atoms with van der Waals surface area (Å²) >= 11 is 8.32. The van der Waals surface area contributed by atoms with Crippen LogP contribution in [0.4, 0.5) is 0 Å². The molecule has 0 radical (unpaired) electrons. The molecule has 0 spiro atoms. The molecule has 0 unspecified atom stereocenters. The highest BCUT2D eigenvalue weighted by atomic mass is 32.2. The summed E-state index contributed by atoms with van der Waals surface area (Å²) in [7, 11) is 1.27. The van der Waals surface area contributed by atoms with Gasteiger partial charge in [-0.1, -0.05) is 43.7 Å². The maximum atomic E-state index is 4.42. The van der Waals surface area contributed by atoms with Crippen LogP contribution < -0.4 is 5.46 Å². The van der Waals surface area contributed by atoms with E-state index in [0.29, 0.717) is 0 Å². The van der Waals surface area contributed by atoms with Gasteiger partial charge in [-0.25, -0.2) is 0 Å². The molecule has 2 aliphatic heterocycles. The lowest BCUT2D eigenvalue weighted by atomic mass is 9.67. The van der Waals surface area contributed by atoms with E-state index < -0.39 is 0 Å². The van der Waals surface area contributed by atoms with Crippen molar-refractivity contribution in [2.45, 2.75) is 69.5 Å². The highest BCUT2D eigenvalue weighted by molar-refractivity contribution is 8.09. The molecule has 1 aliphatic carbocycles. The third-order valence-corrected chi connectivity index (χ3v) is 11.1. The minimum absolute atomic E-state index is 1.10. The maximum Gasteiger partial charge on any atom is 0.162 e. The second-order valence-corrected chi connectivity index (χ2v) is 11.9. The van der Waals surface area contributed by atoms with Crippen LogP contribution in [0, 0.1) is 0 Å². The number of hydrogen-bond acceptors (Lipinski definition) is 4. The smallest absolute Gasteiger partial charge is 0.134 e. The first kappa shape index (κ1) is 21.3. The fraction of sp³-hybridized carbons (Fsp3) is 0.565. The molecule has 0 saturated heterocycles. The lowest BCUT2D eigenvalue weighted by Gasteiger charge is -2.19. The molecular weight excluding hydrogens is 415 g/mol. The van der Waals surface area contributed by atoms with Gasteiger partial charge in [0.25, 0.3) is 0 Å². The molecule has 0 bridgehead atoms. The van der Waals surface area contributed by atoms with Gasteiger partial charge in [-0.3, -0.25) is 0 Å². The highest BCUT2D eigenvalue weighted by Crippen LogP contribution is 2.50. The van der Waals surface area contributed by atoms with Gasteiger partial charge in [-0.2, -0.15) is 0 Å². The van der Waals surface area contributed by atoms with Crippen LogP contribution in [-0.2, 0) is 0 Å². The average Bonchev–Trinajstić information content (AvgIpc) is 3.29. The van der Waals surface area contributed by atoms with E-state index in [9.17, 15) is 0 Å². The quantitative estimate of drug-likeness (QED) is 0.414. The molecular formula is C23H31BS4. The Labute approximate surface area is 188 Å². The van der Waals surface area contributed by atoms with Gasteiger partial charge in [0.15, 0.2) is 7.28 Å². The van der Waals surface area contributed by atoms with Crippen LogP contribution in [0.15, 0.2) is 28.2 Å². The van der Waals surface area contributed by atoms with Crippen molar-refractivity contribution in [1.29, 1.82) is 0 Å². The first-order chi connectivity index (χ1) is 13.7. The molecule has 1 aromatic rings. The van der Waals surface area contributed by atoms with Crippen molar-refractivity contribution in [1.82, 2.24) is 0 Å². The summed E-state index contributed by atoms with van der Waals surface area (Å²) in [6, 6.07) is 0. The van der Waals surface area contributed by atoms with Crippen molar-refractivity contribution in [2.75, 3.05) is 17.8 Å². The predicted octanol–water partition coefficient (Wildman–Crippen LogP) is 7.58. The summed E-state index contributed by atoms with van der Waals surface area (Å²) in [6.07, 6.45) is 14.2. The maximum absolute atomic E-state index is 4.42. The van der Waals surface area contributed by atoms with Gasteiger partial charge in [0.1, 0.15) is 0 Å². The van der Waals surface area contributed by atoms with E-state index >= 15 is 0 Å². The average molecular weight is 447 g/mol. The molecule has 1 aromatic heterocycles. The molecule has 150 valence electrons. The minimum atomic E-state index is 1.10. The Bertz CT molecular complexity index is 807. The van der Waals surface area contributed by atoms with Crippen LogP contribution in [0.2, 0.25) is 6.32 Å². The molecule has 1 saturated carbocycles. The fourth-order valence-electron chi connectivity index (χ4n) is 4.53. The van der Waals surface area contributed by atoms with Crippen molar-refractivity contribution in [3.05, 3.63) is 33.1 Å².